The summed E-state index contributed by atoms with van der Waals surface area (Å²) in [5.74, 6) is 0. The normalized spacial score (nSPS) is 21.6. The van der Waals surface area contributed by atoms with Gasteiger partial charge in [0.05, 0.1) is 0 Å². The number of benzene rings is 1. The fourth-order valence-electron chi connectivity index (χ4n) is 3.20. The third-order valence-corrected chi connectivity index (χ3v) is 4.90. The molecule has 23 heavy (non-hydrogen) atoms. The van der Waals surface area contributed by atoms with Crippen LogP contribution < -0.4 is 10.9 Å². The van der Waals surface area contributed by atoms with Crippen molar-refractivity contribution in [3.05, 3.63) is 35.4 Å². The zero-order chi connectivity index (χ0) is 15.9. The monoisotopic (exact) mass is 317 g/mol. The highest BCUT2D eigenvalue weighted by Gasteiger charge is 2.13. The lowest BCUT2D eigenvalue weighted by atomic mass is 10.1. The Morgan fingerprint density at radius 2 is 1.17 bits per heavy atom. The highest BCUT2D eigenvalue weighted by atomic mass is 15.5. The molecular weight excluding hydrogens is 286 g/mol. The number of hydrogen-bond donors (Lipinski definition) is 2. The van der Waals surface area contributed by atoms with E-state index >= 15 is 0 Å². The summed E-state index contributed by atoms with van der Waals surface area (Å²) in [5, 5.41) is 4.71. The maximum absolute atomic E-state index is 3.55. The van der Waals surface area contributed by atoms with Crippen LogP contribution in [0.25, 0.3) is 0 Å². The Balaban J connectivity index is 1.38. The van der Waals surface area contributed by atoms with E-state index in [0.29, 0.717) is 0 Å². The predicted molar refractivity (Wildman–Crippen MR) is 94.6 cm³/mol. The summed E-state index contributed by atoms with van der Waals surface area (Å²) in [6, 6.07) is 8.99. The van der Waals surface area contributed by atoms with E-state index in [0.717, 1.165) is 39.3 Å². The van der Waals surface area contributed by atoms with Crippen molar-refractivity contribution < 1.29 is 0 Å². The topological polar surface area (TPSA) is 33.8 Å². The van der Waals surface area contributed by atoms with E-state index in [2.05, 4.69) is 57.1 Å². The van der Waals surface area contributed by atoms with Crippen LogP contribution in [0.2, 0.25) is 0 Å². The van der Waals surface area contributed by atoms with Gasteiger partial charge in [0.1, 0.15) is 0 Å². The lowest BCUT2D eigenvalue weighted by Crippen LogP contribution is -2.50. The second-order valence-electron chi connectivity index (χ2n) is 6.82. The van der Waals surface area contributed by atoms with Crippen LogP contribution in [-0.2, 0) is 13.1 Å². The number of piperazine rings is 1. The largest absolute Gasteiger partial charge is 0.304 e. The summed E-state index contributed by atoms with van der Waals surface area (Å²) in [7, 11) is 2.19. The summed E-state index contributed by atoms with van der Waals surface area (Å²) in [5.41, 5.74) is 9.81. The van der Waals surface area contributed by atoms with Crippen molar-refractivity contribution in [1.29, 1.82) is 0 Å². The van der Waals surface area contributed by atoms with Crippen molar-refractivity contribution in [2.45, 2.75) is 32.4 Å². The van der Waals surface area contributed by atoms with E-state index in [1.165, 1.54) is 43.5 Å². The van der Waals surface area contributed by atoms with E-state index in [9.17, 15) is 0 Å². The first kappa shape index (κ1) is 16.9. The SMILES string of the molecule is CN1CCN(NCc2ccc(CNN3CCCCC3)cc2)CC1. The molecule has 0 aliphatic carbocycles. The summed E-state index contributed by atoms with van der Waals surface area (Å²) in [6.45, 7) is 8.74. The molecule has 0 aromatic heterocycles. The molecule has 2 saturated heterocycles. The molecule has 0 unspecified atom stereocenters. The lowest BCUT2D eigenvalue weighted by Gasteiger charge is -2.32. The van der Waals surface area contributed by atoms with Gasteiger partial charge < -0.3 is 4.90 Å². The summed E-state index contributed by atoms with van der Waals surface area (Å²) < 4.78 is 0. The fraction of sp³-hybridized carbons (Fsp3) is 0.667. The van der Waals surface area contributed by atoms with Gasteiger partial charge in [0.15, 0.2) is 0 Å². The van der Waals surface area contributed by atoms with Crippen molar-refractivity contribution in [2.75, 3.05) is 46.3 Å². The standard InChI is InChI=1S/C18H31N5/c1-21-11-13-23(14-12-21)20-16-18-7-5-17(6-8-18)15-19-22-9-3-2-4-10-22/h5-8,19-20H,2-4,9-16H2,1H3. The van der Waals surface area contributed by atoms with Crippen LogP contribution >= 0.6 is 0 Å². The summed E-state index contributed by atoms with van der Waals surface area (Å²) in [6.07, 6.45) is 4.03. The first-order valence-electron chi connectivity index (χ1n) is 9.03. The number of piperidine rings is 1. The maximum Gasteiger partial charge on any atom is 0.0353 e. The number of hydrazine groups is 2. The minimum absolute atomic E-state index is 0.920. The molecule has 0 atom stereocenters. The molecule has 2 N–H and O–H groups in total. The van der Waals surface area contributed by atoms with Crippen LogP contribution in [0.3, 0.4) is 0 Å². The van der Waals surface area contributed by atoms with Crippen LogP contribution in [0.1, 0.15) is 30.4 Å². The van der Waals surface area contributed by atoms with Crippen LogP contribution in [0.4, 0.5) is 0 Å². The average Bonchev–Trinajstić information content (AvgIpc) is 2.61. The molecule has 2 aliphatic heterocycles. The van der Waals surface area contributed by atoms with Crippen LogP contribution in [0, 0.1) is 0 Å². The Bertz CT molecular complexity index is 447. The number of nitrogens with one attached hydrogen (secondary N) is 2. The zero-order valence-corrected chi connectivity index (χ0v) is 14.4. The van der Waals surface area contributed by atoms with E-state index in [1.807, 2.05) is 0 Å². The molecule has 0 spiro atoms. The Morgan fingerprint density at radius 3 is 1.70 bits per heavy atom. The molecule has 1 aromatic carbocycles. The van der Waals surface area contributed by atoms with Gasteiger partial charge in [0.2, 0.25) is 0 Å². The van der Waals surface area contributed by atoms with Crippen molar-refractivity contribution in [1.82, 2.24) is 25.8 Å². The molecule has 0 bridgehead atoms. The predicted octanol–water partition coefficient (Wildman–Crippen LogP) is 1.43. The van der Waals surface area contributed by atoms with E-state index in [4.69, 9.17) is 0 Å². The lowest BCUT2D eigenvalue weighted by molar-refractivity contribution is 0.102. The molecule has 2 fully saturated rings. The molecule has 1 aromatic rings. The highest BCUT2D eigenvalue weighted by Crippen LogP contribution is 2.08. The van der Waals surface area contributed by atoms with Gasteiger partial charge in [-0.25, -0.2) is 10.0 Å². The summed E-state index contributed by atoms with van der Waals surface area (Å²) >= 11 is 0. The number of nitrogens with zero attached hydrogens (tertiary/aromatic N) is 3. The Labute approximate surface area is 140 Å². The second-order valence-corrected chi connectivity index (χ2v) is 6.82. The smallest absolute Gasteiger partial charge is 0.0353 e. The number of hydrogen-bond acceptors (Lipinski definition) is 5. The quantitative estimate of drug-likeness (QED) is 0.830. The minimum atomic E-state index is 0.920. The molecule has 0 amide bonds. The van der Waals surface area contributed by atoms with Gasteiger partial charge in [-0.05, 0) is 31.0 Å². The third-order valence-electron chi connectivity index (χ3n) is 4.90. The average molecular weight is 317 g/mol. The first-order valence-corrected chi connectivity index (χ1v) is 9.03. The molecular formula is C18H31N5. The van der Waals surface area contributed by atoms with E-state index in [-0.39, 0.29) is 0 Å². The van der Waals surface area contributed by atoms with Gasteiger partial charge in [0, 0.05) is 52.4 Å². The van der Waals surface area contributed by atoms with Gasteiger partial charge >= 0.3 is 0 Å². The molecule has 2 aliphatic rings. The van der Waals surface area contributed by atoms with Gasteiger partial charge in [-0.15, -0.1) is 0 Å². The minimum Gasteiger partial charge on any atom is -0.304 e. The highest BCUT2D eigenvalue weighted by molar-refractivity contribution is 5.22. The number of likely N-dealkylation sites (N-methyl/N-ethyl adjacent to an activating group) is 1. The van der Waals surface area contributed by atoms with E-state index in [1.54, 1.807) is 0 Å². The van der Waals surface area contributed by atoms with Crippen LogP contribution in [0.5, 0.6) is 0 Å². The molecule has 3 rings (SSSR count). The molecule has 0 saturated carbocycles. The Morgan fingerprint density at radius 1 is 0.696 bits per heavy atom. The van der Waals surface area contributed by atoms with Crippen molar-refractivity contribution in [2.24, 2.45) is 0 Å². The van der Waals surface area contributed by atoms with Gasteiger partial charge in [0.25, 0.3) is 0 Å². The maximum atomic E-state index is 3.55. The zero-order valence-electron chi connectivity index (χ0n) is 14.4. The molecule has 0 radical (unpaired) electrons. The Kier molecular flexibility index (Phi) is 6.42. The molecule has 128 valence electrons. The van der Waals surface area contributed by atoms with Crippen molar-refractivity contribution in [3.63, 3.8) is 0 Å². The van der Waals surface area contributed by atoms with Gasteiger partial charge in [-0.1, -0.05) is 30.7 Å². The van der Waals surface area contributed by atoms with Gasteiger partial charge in [-0.2, -0.15) is 0 Å². The molecule has 5 heteroatoms. The van der Waals surface area contributed by atoms with Crippen LogP contribution in [0.15, 0.2) is 24.3 Å². The first-order chi connectivity index (χ1) is 11.3. The van der Waals surface area contributed by atoms with E-state index < -0.39 is 0 Å². The van der Waals surface area contributed by atoms with Gasteiger partial charge in [-0.3, -0.25) is 10.9 Å². The van der Waals surface area contributed by atoms with Crippen molar-refractivity contribution >= 4 is 0 Å². The van der Waals surface area contributed by atoms with Crippen molar-refractivity contribution in [3.8, 4) is 0 Å². The molecule has 2 heterocycles. The van der Waals surface area contributed by atoms with Crippen LogP contribution in [-0.4, -0.2) is 61.2 Å². The second kappa shape index (κ2) is 8.76. The summed E-state index contributed by atoms with van der Waals surface area (Å²) in [4.78, 5) is 2.38. The Hall–Kier alpha value is -0.980. The molecule has 5 nitrogen and oxygen atoms in total. The third kappa shape index (κ3) is 5.55. The fourth-order valence-corrected chi connectivity index (χ4v) is 3.20. The number of rotatable bonds is 6.